The van der Waals surface area contributed by atoms with Crippen LogP contribution < -0.4 is 10.5 Å². The van der Waals surface area contributed by atoms with Gasteiger partial charge in [-0.05, 0) is 38.1 Å². The molecule has 0 fully saturated rings. The van der Waals surface area contributed by atoms with Crippen molar-refractivity contribution in [2.45, 2.75) is 18.7 Å². The number of fused-ring (bicyclic) bond motifs is 1. The van der Waals surface area contributed by atoms with E-state index in [1.807, 2.05) is 0 Å². The van der Waals surface area contributed by atoms with Crippen molar-refractivity contribution in [1.82, 2.24) is 14.8 Å². The smallest absolute Gasteiger partial charge is 0.256 e. The van der Waals surface area contributed by atoms with E-state index in [9.17, 15) is 13.2 Å². The quantitative estimate of drug-likeness (QED) is 0.734. The minimum absolute atomic E-state index is 0.0704. The number of aromatic nitrogens is 3. The summed E-state index contributed by atoms with van der Waals surface area (Å²) in [4.78, 5) is 17.1. The van der Waals surface area contributed by atoms with Crippen molar-refractivity contribution in [1.29, 1.82) is 0 Å². The first-order valence-corrected chi connectivity index (χ1v) is 8.96. The van der Waals surface area contributed by atoms with Gasteiger partial charge < -0.3 is 5.32 Å². The molecule has 0 spiro atoms. The Hall–Kier alpha value is -2.78. The zero-order chi connectivity index (χ0) is 18.4. The zero-order valence-corrected chi connectivity index (χ0v) is 14.8. The van der Waals surface area contributed by atoms with Gasteiger partial charge >= 0.3 is 0 Å². The monoisotopic (exact) mass is 359 g/mol. The molecule has 0 radical (unpaired) electrons. The van der Waals surface area contributed by atoms with Crippen molar-refractivity contribution in [2.75, 3.05) is 5.32 Å². The number of carbonyl (C=O) groups excluding carboxylic acids is 1. The molecule has 1 amide bonds. The Morgan fingerprint density at radius 1 is 1.24 bits per heavy atom. The number of anilines is 1. The highest BCUT2D eigenvalue weighted by Gasteiger charge is 2.18. The lowest BCUT2D eigenvalue weighted by atomic mass is 10.1. The van der Waals surface area contributed by atoms with Crippen molar-refractivity contribution < 1.29 is 13.2 Å². The number of pyridine rings is 1. The Kier molecular flexibility index (Phi) is 4.05. The Morgan fingerprint density at radius 3 is 2.64 bits per heavy atom. The summed E-state index contributed by atoms with van der Waals surface area (Å²) in [5, 5.41) is 12.8. The Labute approximate surface area is 144 Å². The molecule has 0 bridgehead atoms. The van der Waals surface area contributed by atoms with E-state index in [1.165, 1.54) is 18.2 Å². The third-order valence-corrected chi connectivity index (χ3v) is 4.67. The van der Waals surface area contributed by atoms with Gasteiger partial charge in [0.2, 0.25) is 10.0 Å². The molecule has 0 aliphatic heterocycles. The number of benzene rings is 1. The van der Waals surface area contributed by atoms with E-state index in [2.05, 4.69) is 15.4 Å². The number of aryl methyl sites for hydroxylation is 3. The van der Waals surface area contributed by atoms with Crippen LogP contribution >= 0.6 is 0 Å². The van der Waals surface area contributed by atoms with Crippen LogP contribution in [0.5, 0.6) is 0 Å². The van der Waals surface area contributed by atoms with Crippen molar-refractivity contribution in [3.63, 3.8) is 0 Å². The second-order valence-corrected chi connectivity index (χ2v) is 7.31. The summed E-state index contributed by atoms with van der Waals surface area (Å²) in [6.45, 7) is 3.60. The third-order valence-electron chi connectivity index (χ3n) is 3.76. The molecule has 0 unspecified atom stereocenters. The minimum Gasteiger partial charge on any atom is -0.322 e. The number of sulfonamides is 1. The maximum atomic E-state index is 12.7. The third kappa shape index (κ3) is 3.24. The number of amides is 1. The highest BCUT2D eigenvalue weighted by molar-refractivity contribution is 7.89. The van der Waals surface area contributed by atoms with Gasteiger partial charge in [-0.25, -0.2) is 18.5 Å². The summed E-state index contributed by atoms with van der Waals surface area (Å²) in [7, 11) is -2.08. The van der Waals surface area contributed by atoms with E-state index in [4.69, 9.17) is 5.14 Å². The van der Waals surface area contributed by atoms with Crippen LogP contribution in [0.2, 0.25) is 0 Å². The minimum atomic E-state index is -3.85. The fourth-order valence-corrected chi connectivity index (χ4v) is 3.26. The molecule has 3 rings (SSSR count). The van der Waals surface area contributed by atoms with E-state index in [0.717, 1.165) is 0 Å². The van der Waals surface area contributed by atoms with Crippen LogP contribution in [0.15, 0.2) is 35.2 Å². The fraction of sp³-hybridized carbons (Fsp3) is 0.188. The van der Waals surface area contributed by atoms with Crippen LogP contribution in [-0.2, 0) is 17.1 Å². The number of hydrogen-bond acceptors (Lipinski definition) is 5. The van der Waals surface area contributed by atoms with Crippen LogP contribution in [0.25, 0.3) is 11.0 Å². The number of rotatable bonds is 3. The second kappa shape index (κ2) is 5.94. The van der Waals surface area contributed by atoms with E-state index in [-0.39, 0.29) is 10.8 Å². The molecule has 0 atom stereocenters. The summed E-state index contributed by atoms with van der Waals surface area (Å²) in [6, 6.07) is 7.46. The van der Waals surface area contributed by atoms with Crippen molar-refractivity contribution in [2.24, 2.45) is 12.2 Å². The maximum Gasteiger partial charge on any atom is 0.256 e. The first-order chi connectivity index (χ1) is 11.7. The molecule has 0 aliphatic rings. The molecule has 0 saturated carbocycles. The zero-order valence-electron chi connectivity index (χ0n) is 13.9. The summed E-state index contributed by atoms with van der Waals surface area (Å²) >= 11 is 0. The van der Waals surface area contributed by atoms with E-state index >= 15 is 0 Å². The number of carbonyl (C=O) groups is 1. The van der Waals surface area contributed by atoms with Gasteiger partial charge in [0.05, 0.1) is 21.5 Å². The van der Waals surface area contributed by atoms with Gasteiger partial charge in [-0.15, -0.1) is 0 Å². The summed E-state index contributed by atoms with van der Waals surface area (Å²) < 4.78 is 24.5. The van der Waals surface area contributed by atoms with Crippen LogP contribution in [-0.4, -0.2) is 29.1 Å². The molecule has 3 aromatic rings. The van der Waals surface area contributed by atoms with Gasteiger partial charge in [0, 0.05) is 18.4 Å². The Balaban J connectivity index is 2.04. The van der Waals surface area contributed by atoms with Gasteiger partial charge in [0.1, 0.15) is 0 Å². The van der Waals surface area contributed by atoms with Crippen LogP contribution in [0.3, 0.4) is 0 Å². The fourth-order valence-electron chi connectivity index (χ4n) is 2.70. The van der Waals surface area contributed by atoms with E-state index < -0.39 is 10.0 Å². The number of nitrogens with zero attached hydrogens (tertiary/aromatic N) is 3. The maximum absolute atomic E-state index is 12.7. The molecule has 1 aromatic carbocycles. The van der Waals surface area contributed by atoms with Crippen LogP contribution in [0.1, 0.15) is 21.7 Å². The largest absolute Gasteiger partial charge is 0.322 e. The van der Waals surface area contributed by atoms with Gasteiger partial charge in [0.25, 0.3) is 5.91 Å². The number of nitrogens with one attached hydrogen (secondary N) is 1. The van der Waals surface area contributed by atoms with Gasteiger partial charge in [-0.2, -0.15) is 5.10 Å². The average molecular weight is 359 g/mol. The molecule has 0 aliphatic carbocycles. The van der Waals surface area contributed by atoms with E-state index in [0.29, 0.717) is 33.7 Å². The molecule has 8 nitrogen and oxygen atoms in total. The summed E-state index contributed by atoms with van der Waals surface area (Å²) in [5.74, 6) is -0.377. The lowest BCUT2D eigenvalue weighted by Gasteiger charge is -2.09. The SMILES string of the molecule is Cc1cc(C(=O)Nc2cccc(S(N)(=O)=O)c2)c2c(C)nn(C)c2n1. The molecule has 2 heterocycles. The molecule has 3 N–H and O–H groups in total. The first kappa shape index (κ1) is 17.1. The first-order valence-electron chi connectivity index (χ1n) is 7.42. The van der Waals surface area contributed by atoms with Gasteiger partial charge in [0.15, 0.2) is 5.65 Å². The van der Waals surface area contributed by atoms with Crippen LogP contribution in [0, 0.1) is 13.8 Å². The van der Waals surface area contributed by atoms with Gasteiger partial charge in [-0.1, -0.05) is 6.07 Å². The lowest BCUT2D eigenvalue weighted by molar-refractivity contribution is 0.102. The molecule has 2 aromatic heterocycles. The molecule has 25 heavy (non-hydrogen) atoms. The average Bonchev–Trinajstić information content (AvgIpc) is 2.80. The molecular formula is C16H17N5O3S. The highest BCUT2D eigenvalue weighted by Crippen LogP contribution is 2.23. The number of hydrogen-bond donors (Lipinski definition) is 2. The summed E-state index contributed by atoms with van der Waals surface area (Å²) in [5.41, 5.74) is 2.74. The van der Waals surface area contributed by atoms with Crippen molar-refractivity contribution in [3.8, 4) is 0 Å². The van der Waals surface area contributed by atoms with Crippen molar-refractivity contribution in [3.05, 3.63) is 47.3 Å². The molecule has 0 saturated heterocycles. The number of nitrogens with two attached hydrogens (primary N) is 1. The van der Waals surface area contributed by atoms with Gasteiger partial charge in [-0.3, -0.25) is 9.48 Å². The standard InChI is InChI=1S/C16H17N5O3S/c1-9-7-13(14-10(2)20-21(3)15(14)18-9)16(22)19-11-5-4-6-12(8-11)25(17,23)24/h4-8H,1-3H3,(H,19,22)(H2,17,23,24). The lowest BCUT2D eigenvalue weighted by Crippen LogP contribution is -2.15. The highest BCUT2D eigenvalue weighted by atomic mass is 32.2. The normalized spacial score (nSPS) is 11.7. The molecule has 9 heteroatoms. The summed E-state index contributed by atoms with van der Waals surface area (Å²) in [6.07, 6.45) is 0. The van der Waals surface area contributed by atoms with Crippen molar-refractivity contribution >= 4 is 32.7 Å². The Morgan fingerprint density at radius 2 is 1.96 bits per heavy atom. The number of primary sulfonamides is 1. The van der Waals surface area contributed by atoms with E-state index in [1.54, 1.807) is 37.7 Å². The molecule has 130 valence electrons. The predicted molar refractivity (Wildman–Crippen MR) is 93.8 cm³/mol. The second-order valence-electron chi connectivity index (χ2n) is 5.75. The predicted octanol–water partition coefficient (Wildman–Crippen LogP) is 1.48. The van der Waals surface area contributed by atoms with Crippen LogP contribution in [0.4, 0.5) is 5.69 Å². The topological polar surface area (TPSA) is 120 Å². The Bertz CT molecular complexity index is 1100. The molecular weight excluding hydrogens is 342 g/mol.